The van der Waals surface area contributed by atoms with Gasteiger partial charge >= 0.3 is 6.92 Å². The summed E-state index contributed by atoms with van der Waals surface area (Å²) < 4.78 is 0. The van der Waals surface area contributed by atoms with Crippen LogP contribution in [0.5, 0.6) is 0 Å². The average molecular weight is 234 g/mol. The molecule has 0 saturated heterocycles. The summed E-state index contributed by atoms with van der Waals surface area (Å²) in [5.41, 5.74) is 3.65. The van der Waals surface area contributed by atoms with E-state index in [2.05, 4.69) is 13.2 Å². The van der Waals surface area contributed by atoms with Gasteiger partial charge in [-0.2, -0.15) is 0 Å². The van der Waals surface area contributed by atoms with E-state index < -0.39 is 6.92 Å². The number of hydrogen-bond donors (Lipinski definition) is 1. The molecule has 1 N–H and O–H groups in total. The van der Waals surface area contributed by atoms with Crippen LogP contribution in [0.3, 0.4) is 0 Å². The van der Waals surface area contributed by atoms with Crippen LogP contribution in [0.25, 0.3) is 12.2 Å². The van der Waals surface area contributed by atoms with Crippen LogP contribution in [-0.2, 0) is 0 Å². The van der Waals surface area contributed by atoms with Crippen LogP contribution < -0.4 is 10.9 Å². The van der Waals surface area contributed by atoms with E-state index in [0.29, 0.717) is 0 Å². The third-order valence-corrected chi connectivity index (χ3v) is 3.01. The van der Waals surface area contributed by atoms with Gasteiger partial charge < -0.3 is 5.02 Å². The predicted octanol–water partition coefficient (Wildman–Crippen LogP) is 2.07. The lowest BCUT2D eigenvalue weighted by molar-refractivity contribution is 0.600. The molecule has 2 aromatic carbocycles. The number of benzene rings is 2. The number of rotatable bonds is 4. The Balaban J connectivity index is 2.51. The molecule has 2 rings (SSSR count). The Labute approximate surface area is 108 Å². The van der Waals surface area contributed by atoms with E-state index in [9.17, 15) is 5.02 Å². The molecule has 2 heteroatoms. The Morgan fingerprint density at radius 1 is 0.889 bits per heavy atom. The molecule has 0 radical (unpaired) electrons. The van der Waals surface area contributed by atoms with Gasteiger partial charge in [0, 0.05) is 0 Å². The Kier molecular flexibility index (Phi) is 3.80. The average Bonchev–Trinajstić information content (AvgIpc) is 2.46. The second kappa shape index (κ2) is 5.52. The van der Waals surface area contributed by atoms with E-state index >= 15 is 0 Å². The highest BCUT2D eigenvalue weighted by Crippen LogP contribution is 2.10. The molecule has 0 atom stereocenters. The normalized spacial score (nSPS) is 9.83. The van der Waals surface area contributed by atoms with Crippen LogP contribution in [0.2, 0.25) is 0 Å². The van der Waals surface area contributed by atoms with E-state index in [1.165, 1.54) is 0 Å². The van der Waals surface area contributed by atoms with Crippen molar-refractivity contribution in [1.82, 2.24) is 0 Å². The van der Waals surface area contributed by atoms with Crippen LogP contribution in [0.4, 0.5) is 0 Å². The largest absolute Gasteiger partial charge is 0.443 e. The van der Waals surface area contributed by atoms with Crippen molar-refractivity contribution in [1.29, 1.82) is 0 Å². The maximum absolute atomic E-state index is 10.4. The number of hydrogen-bond acceptors (Lipinski definition) is 1. The molecule has 0 fully saturated rings. The molecule has 2 aromatic rings. The van der Waals surface area contributed by atoms with Gasteiger partial charge in [-0.25, -0.2) is 0 Å². The molecule has 18 heavy (non-hydrogen) atoms. The fourth-order valence-electron chi connectivity index (χ4n) is 2.07. The van der Waals surface area contributed by atoms with Gasteiger partial charge in [-0.15, -0.1) is 0 Å². The van der Waals surface area contributed by atoms with Gasteiger partial charge in [-0.05, 0) is 22.1 Å². The SMILES string of the molecule is C=Cc1cccc(B(O)c2ccccc2)c1C=C. The Hall–Kier alpha value is -2.06. The summed E-state index contributed by atoms with van der Waals surface area (Å²) in [6, 6.07) is 15.4. The topological polar surface area (TPSA) is 20.2 Å². The molecule has 0 aliphatic carbocycles. The molecule has 0 bridgehead atoms. The van der Waals surface area contributed by atoms with Gasteiger partial charge in [0.1, 0.15) is 0 Å². The predicted molar refractivity (Wildman–Crippen MR) is 80.3 cm³/mol. The summed E-state index contributed by atoms with van der Waals surface area (Å²) in [4.78, 5) is 0. The van der Waals surface area contributed by atoms with Crippen molar-refractivity contribution in [2.45, 2.75) is 0 Å². The molecule has 0 spiro atoms. The summed E-state index contributed by atoms with van der Waals surface area (Å²) >= 11 is 0. The molecular weight excluding hydrogens is 219 g/mol. The van der Waals surface area contributed by atoms with Crippen molar-refractivity contribution in [2.75, 3.05) is 0 Å². The second-order valence-corrected chi connectivity index (χ2v) is 4.07. The highest BCUT2D eigenvalue weighted by molar-refractivity contribution is 6.79. The van der Waals surface area contributed by atoms with Gasteiger partial charge in [0.15, 0.2) is 0 Å². The van der Waals surface area contributed by atoms with Gasteiger partial charge in [0.2, 0.25) is 0 Å². The van der Waals surface area contributed by atoms with Crippen molar-refractivity contribution < 1.29 is 5.02 Å². The molecule has 0 aromatic heterocycles. The van der Waals surface area contributed by atoms with E-state index in [-0.39, 0.29) is 0 Å². The Morgan fingerprint density at radius 3 is 2.22 bits per heavy atom. The minimum Gasteiger partial charge on any atom is -0.443 e. The summed E-state index contributed by atoms with van der Waals surface area (Å²) in [6.07, 6.45) is 3.54. The lowest BCUT2D eigenvalue weighted by Crippen LogP contribution is -2.43. The van der Waals surface area contributed by atoms with Gasteiger partial charge in [0.05, 0.1) is 0 Å². The standard InChI is InChI=1S/C16H15BO/c1-3-13-9-8-12-16(15(13)4-2)17(18)14-10-6-5-7-11-14/h3-12,18H,1-2H2. The van der Waals surface area contributed by atoms with Crippen molar-refractivity contribution in [3.63, 3.8) is 0 Å². The van der Waals surface area contributed by atoms with Crippen molar-refractivity contribution in [3.8, 4) is 0 Å². The maximum Gasteiger partial charge on any atom is 0.359 e. The first-order valence-electron chi connectivity index (χ1n) is 5.88. The Bertz CT molecular complexity index is 561. The minimum atomic E-state index is -0.640. The zero-order valence-corrected chi connectivity index (χ0v) is 10.2. The van der Waals surface area contributed by atoms with Crippen LogP contribution in [-0.4, -0.2) is 11.9 Å². The minimum absolute atomic E-state index is 0.640. The molecule has 0 aliphatic rings. The highest BCUT2D eigenvalue weighted by atomic mass is 16.2. The van der Waals surface area contributed by atoms with E-state index in [4.69, 9.17) is 0 Å². The molecule has 0 saturated carbocycles. The summed E-state index contributed by atoms with van der Waals surface area (Å²) in [5.74, 6) is 0. The quantitative estimate of drug-likeness (QED) is 0.803. The zero-order valence-electron chi connectivity index (χ0n) is 10.2. The van der Waals surface area contributed by atoms with Gasteiger partial charge in [-0.3, -0.25) is 0 Å². The van der Waals surface area contributed by atoms with Crippen molar-refractivity contribution in [3.05, 3.63) is 72.8 Å². The van der Waals surface area contributed by atoms with E-state index in [1.807, 2.05) is 48.5 Å². The summed E-state index contributed by atoms with van der Waals surface area (Å²) in [5, 5.41) is 10.4. The molecule has 88 valence electrons. The zero-order chi connectivity index (χ0) is 13.0. The first-order valence-corrected chi connectivity index (χ1v) is 5.88. The highest BCUT2D eigenvalue weighted by Gasteiger charge is 2.19. The molecular formula is C16H15BO. The van der Waals surface area contributed by atoms with E-state index in [1.54, 1.807) is 12.2 Å². The maximum atomic E-state index is 10.4. The van der Waals surface area contributed by atoms with Crippen LogP contribution in [0.1, 0.15) is 11.1 Å². The van der Waals surface area contributed by atoms with Crippen LogP contribution >= 0.6 is 0 Å². The molecule has 0 heterocycles. The smallest absolute Gasteiger partial charge is 0.359 e. The molecule has 0 aliphatic heterocycles. The third kappa shape index (κ3) is 2.29. The van der Waals surface area contributed by atoms with E-state index in [0.717, 1.165) is 22.1 Å². The van der Waals surface area contributed by atoms with Crippen molar-refractivity contribution in [2.24, 2.45) is 0 Å². The lowest BCUT2D eigenvalue weighted by atomic mass is 9.54. The van der Waals surface area contributed by atoms with Crippen LogP contribution in [0, 0.1) is 0 Å². The second-order valence-electron chi connectivity index (χ2n) is 4.07. The lowest BCUT2D eigenvalue weighted by Gasteiger charge is -2.12. The van der Waals surface area contributed by atoms with Gasteiger partial charge in [0.25, 0.3) is 0 Å². The summed E-state index contributed by atoms with van der Waals surface area (Å²) in [6.45, 7) is 6.96. The first kappa shape index (κ1) is 12.4. The molecule has 1 nitrogen and oxygen atoms in total. The van der Waals surface area contributed by atoms with Gasteiger partial charge in [-0.1, -0.05) is 73.8 Å². The Morgan fingerprint density at radius 2 is 1.61 bits per heavy atom. The third-order valence-electron chi connectivity index (χ3n) is 3.01. The van der Waals surface area contributed by atoms with Crippen LogP contribution in [0.15, 0.2) is 61.7 Å². The molecule has 0 unspecified atom stereocenters. The summed E-state index contributed by atoms with van der Waals surface area (Å²) in [7, 11) is 0. The first-order chi connectivity index (χ1) is 8.77. The fourth-order valence-corrected chi connectivity index (χ4v) is 2.07. The monoisotopic (exact) mass is 234 g/mol. The molecule has 0 amide bonds. The van der Waals surface area contributed by atoms with Crippen molar-refractivity contribution >= 4 is 30.0 Å². The fraction of sp³-hybridized carbons (Fsp3) is 0.